The van der Waals surface area contributed by atoms with Crippen LogP contribution in [0.3, 0.4) is 0 Å². The van der Waals surface area contributed by atoms with Crippen molar-refractivity contribution in [3.8, 4) is 0 Å². The maximum atomic E-state index is 4.48. The smallest absolute Gasteiger partial charge is 0.0705 e. The van der Waals surface area contributed by atoms with Crippen LogP contribution in [-0.2, 0) is 6.54 Å². The van der Waals surface area contributed by atoms with Gasteiger partial charge in [0.2, 0.25) is 0 Å². The number of fused-ring (bicyclic) bond motifs is 1. The van der Waals surface area contributed by atoms with Crippen LogP contribution in [0.25, 0.3) is 10.9 Å². The molecule has 0 atom stereocenters. The normalized spacial score (nSPS) is 16.1. The molecular formula is C21H24N4. The molecule has 3 heterocycles. The molecule has 2 aromatic heterocycles. The lowest BCUT2D eigenvalue weighted by atomic mass is 10.1. The Kier molecular flexibility index (Phi) is 4.61. The average Bonchev–Trinajstić information content (AvgIpc) is 2.88. The second-order valence-corrected chi connectivity index (χ2v) is 6.77. The highest BCUT2D eigenvalue weighted by Crippen LogP contribution is 2.22. The minimum absolute atomic E-state index is 0.992. The third kappa shape index (κ3) is 3.49. The molecule has 1 aromatic carbocycles. The molecule has 1 aliphatic rings. The molecule has 1 saturated heterocycles. The van der Waals surface area contributed by atoms with Gasteiger partial charge in [-0.2, -0.15) is 0 Å². The first-order valence-electron chi connectivity index (χ1n) is 9.02. The van der Waals surface area contributed by atoms with Gasteiger partial charge in [0.1, 0.15) is 0 Å². The fraction of sp³-hybridized carbons (Fsp3) is 0.333. The number of anilines is 1. The Labute approximate surface area is 149 Å². The summed E-state index contributed by atoms with van der Waals surface area (Å²) in [4.78, 5) is 13.8. The van der Waals surface area contributed by atoms with E-state index in [2.05, 4.69) is 63.1 Å². The second-order valence-electron chi connectivity index (χ2n) is 6.77. The summed E-state index contributed by atoms with van der Waals surface area (Å²) in [6.07, 6.45) is 6.97. The zero-order chi connectivity index (χ0) is 17.1. The molecule has 25 heavy (non-hydrogen) atoms. The van der Waals surface area contributed by atoms with Crippen molar-refractivity contribution in [2.24, 2.45) is 0 Å². The fourth-order valence-electron chi connectivity index (χ4n) is 3.72. The van der Waals surface area contributed by atoms with Crippen molar-refractivity contribution < 1.29 is 0 Å². The van der Waals surface area contributed by atoms with Gasteiger partial charge in [0.25, 0.3) is 0 Å². The largest absolute Gasteiger partial charge is 0.370 e. The molecular weight excluding hydrogens is 308 g/mol. The summed E-state index contributed by atoms with van der Waals surface area (Å²) in [5.74, 6) is 0. The number of pyridine rings is 2. The van der Waals surface area contributed by atoms with Crippen LogP contribution in [0.4, 0.5) is 5.69 Å². The van der Waals surface area contributed by atoms with Gasteiger partial charge < -0.3 is 4.90 Å². The molecule has 4 heteroatoms. The summed E-state index contributed by atoms with van der Waals surface area (Å²) in [6, 6.07) is 12.7. The number of hydrogen-bond acceptors (Lipinski definition) is 4. The quantitative estimate of drug-likeness (QED) is 0.733. The molecule has 0 unspecified atom stereocenters. The third-order valence-electron chi connectivity index (χ3n) is 5.05. The summed E-state index contributed by atoms with van der Waals surface area (Å²) >= 11 is 0. The van der Waals surface area contributed by atoms with Gasteiger partial charge in [0.05, 0.1) is 5.52 Å². The van der Waals surface area contributed by atoms with Crippen LogP contribution < -0.4 is 4.90 Å². The average molecular weight is 332 g/mol. The first-order chi connectivity index (χ1) is 12.3. The molecule has 128 valence electrons. The summed E-state index contributed by atoms with van der Waals surface area (Å²) in [7, 11) is 0. The van der Waals surface area contributed by atoms with Crippen molar-refractivity contribution in [3.05, 3.63) is 66.1 Å². The molecule has 0 radical (unpaired) electrons. The van der Waals surface area contributed by atoms with Gasteiger partial charge in [-0.05, 0) is 42.7 Å². The predicted molar refractivity (Wildman–Crippen MR) is 103 cm³/mol. The van der Waals surface area contributed by atoms with Crippen LogP contribution in [-0.4, -0.2) is 41.0 Å². The Morgan fingerprint density at radius 2 is 1.88 bits per heavy atom. The highest BCUT2D eigenvalue weighted by atomic mass is 15.2. The van der Waals surface area contributed by atoms with Gasteiger partial charge in [0.15, 0.2) is 0 Å². The van der Waals surface area contributed by atoms with Gasteiger partial charge >= 0.3 is 0 Å². The van der Waals surface area contributed by atoms with Gasteiger partial charge in [-0.1, -0.05) is 18.2 Å². The topological polar surface area (TPSA) is 32.3 Å². The van der Waals surface area contributed by atoms with Crippen LogP contribution in [0.2, 0.25) is 0 Å². The van der Waals surface area contributed by atoms with E-state index in [1.54, 1.807) is 0 Å². The van der Waals surface area contributed by atoms with Crippen molar-refractivity contribution in [2.45, 2.75) is 19.9 Å². The zero-order valence-electron chi connectivity index (χ0n) is 14.7. The van der Waals surface area contributed by atoms with E-state index in [-0.39, 0.29) is 0 Å². The Morgan fingerprint density at radius 1 is 0.960 bits per heavy atom. The minimum Gasteiger partial charge on any atom is -0.370 e. The summed E-state index contributed by atoms with van der Waals surface area (Å²) in [5, 5.41) is 1.27. The van der Waals surface area contributed by atoms with Gasteiger partial charge in [0, 0.05) is 62.4 Å². The molecule has 1 aliphatic heterocycles. The Bertz CT molecular complexity index is 856. The molecule has 4 rings (SSSR count). The van der Waals surface area contributed by atoms with E-state index < -0.39 is 0 Å². The lowest BCUT2D eigenvalue weighted by Gasteiger charge is -2.25. The van der Waals surface area contributed by atoms with Crippen LogP contribution in [0, 0.1) is 6.92 Å². The number of hydrogen-bond donors (Lipinski definition) is 0. The van der Waals surface area contributed by atoms with Crippen molar-refractivity contribution >= 4 is 16.6 Å². The maximum Gasteiger partial charge on any atom is 0.0705 e. The summed E-state index contributed by atoms with van der Waals surface area (Å²) in [5.41, 5.74) is 5.05. The summed E-state index contributed by atoms with van der Waals surface area (Å²) < 4.78 is 0. The Morgan fingerprint density at radius 3 is 2.80 bits per heavy atom. The Balaban J connectivity index is 1.49. The molecule has 1 fully saturated rings. The van der Waals surface area contributed by atoms with E-state index in [0.29, 0.717) is 0 Å². The molecule has 3 aromatic rings. The highest BCUT2D eigenvalue weighted by Gasteiger charge is 2.17. The van der Waals surface area contributed by atoms with Gasteiger partial charge in [-0.25, -0.2) is 0 Å². The van der Waals surface area contributed by atoms with E-state index in [1.807, 2.05) is 18.6 Å². The molecule has 4 nitrogen and oxygen atoms in total. The lowest BCUT2D eigenvalue weighted by Crippen LogP contribution is -2.30. The predicted octanol–water partition coefficient (Wildman–Crippen LogP) is 3.65. The molecule has 0 N–H and O–H groups in total. The zero-order valence-corrected chi connectivity index (χ0v) is 14.7. The molecule has 0 spiro atoms. The van der Waals surface area contributed by atoms with Crippen LogP contribution in [0.1, 0.15) is 17.5 Å². The maximum absolute atomic E-state index is 4.48. The van der Waals surface area contributed by atoms with Crippen molar-refractivity contribution in [2.75, 3.05) is 31.1 Å². The number of benzene rings is 1. The van der Waals surface area contributed by atoms with Gasteiger partial charge in [-0.3, -0.25) is 14.9 Å². The minimum atomic E-state index is 0.992. The van der Waals surface area contributed by atoms with E-state index >= 15 is 0 Å². The molecule has 0 bridgehead atoms. The first-order valence-corrected chi connectivity index (χ1v) is 9.02. The van der Waals surface area contributed by atoms with E-state index in [9.17, 15) is 0 Å². The Hall–Kier alpha value is -2.46. The summed E-state index contributed by atoms with van der Waals surface area (Å²) in [6.45, 7) is 7.53. The van der Waals surface area contributed by atoms with E-state index in [0.717, 1.165) is 38.2 Å². The first kappa shape index (κ1) is 16.0. The van der Waals surface area contributed by atoms with Crippen LogP contribution in [0.5, 0.6) is 0 Å². The van der Waals surface area contributed by atoms with Crippen molar-refractivity contribution in [1.82, 2.24) is 14.9 Å². The number of para-hydroxylation sites is 1. The monoisotopic (exact) mass is 332 g/mol. The fourth-order valence-corrected chi connectivity index (χ4v) is 3.72. The number of aryl methyl sites for hydroxylation is 1. The lowest BCUT2D eigenvalue weighted by molar-refractivity contribution is 0.286. The standard InChI is InChI=1S/C21H24N4/c1-17-15-22-9-8-21(17)25-12-4-11-24(13-14-25)16-18-7-10-23-20-6-3-2-5-19(18)20/h2-3,5-10,15H,4,11-14,16H2,1H3. The van der Waals surface area contributed by atoms with Gasteiger partial charge in [-0.15, -0.1) is 0 Å². The molecule has 0 amide bonds. The number of nitrogens with zero attached hydrogens (tertiary/aromatic N) is 4. The van der Waals surface area contributed by atoms with Crippen molar-refractivity contribution in [1.29, 1.82) is 0 Å². The number of rotatable bonds is 3. The highest BCUT2D eigenvalue weighted by molar-refractivity contribution is 5.81. The number of aromatic nitrogens is 2. The van der Waals surface area contributed by atoms with Crippen molar-refractivity contribution in [3.63, 3.8) is 0 Å². The molecule has 0 aliphatic carbocycles. The SMILES string of the molecule is Cc1cnccc1N1CCCN(Cc2ccnc3ccccc23)CC1. The van der Waals surface area contributed by atoms with E-state index in [1.165, 1.54) is 28.6 Å². The molecule has 0 saturated carbocycles. The second kappa shape index (κ2) is 7.19. The third-order valence-corrected chi connectivity index (χ3v) is 5.05. The van der Waals surface area contributed by atoms with Crippen LogP contribution >= 0.6 is 0 Å². The van der Waals surface area contributed by atoms with E-state index in [4.69, 9.17) is 0 Å². The van der Waals surface area contributed by atoms with Crippen LogP contribution in [0.15, 0.2) is 55.0 Å².